The van der Waals surface area contributed by atoms with Crippen LogP contribution in [0.4, 0.5) is 11.4 Å². The highest BCUT2D eigenvalue weighted by Crippen LogP contribution is 2.17. The van der Waals surface area contributed by atoms with E-state index in [4.69, 9.17) is 9.47 Å². The lowest BCUT2D eigenvalue weighted by Gasteiger charge is -2.13. The van der Waals surface area contributed by atoms with Gasteiger partial charge in [-0.3, -0.25) is 4.99 Å². The summed E-state index contributed by atoms with van der Waals surface area (Å²) in [6, 6.07) is 18.1. The first-order valence-corrected chi connectivity index (χ1v) is 9.30. The highest BCUT2D eigenvalue weighted by molar-refractivity contribution is 5.93. The van der Waals surface area contributed by atoms with Crippen molar-refractivity contribution in [3.63, 3.8) is 0 Å². The van der Waals surface area contributed by atoms with E-state index in [2.05, 4.69) is 33.1 Å². The molecule has 0 aromatic heterocycles. The molecular weight excluding hydrogens is 340 g/mol. The van der Waals surface area contributed by atoms with Gasteiger partial charge in [-0.05, 0) is 30.7 Å². The van der Waals surface area contributed by atoms with Crippen LogP contribution in [0.1, 0.15) is 12.8 Å². The van der Waals surface area contributed by atoms with Crippen molar-refractivity contribution in [1.29, 1.82) is 0 Å². The maximum Gasteiger partial charge on any atom is 0.195 e. The largest absolute Gasteiger partial charge is 0.493 e. The molecule has 0 aliphatic carbocycles. The molecule has 2 aromatic carbocycles. The molecule has 0 amide bonds. The molecule has 2 aromatic rings. The number of hydrogen-bond donors (Lipinski definition) is 3. The van der Waals surface area contributed by atoms with E-state index in [1.807, 2.05) is 42.5 Å². The van der Waals surface area contributed by atoms with Crippen LogP contribution in [0.25, 0.3) is 0 Å². The second-order valence-electron chi connectivity index (χ2n) is 5.99. The monoisotopic (exact) mass is 370 g/mol. The first-order valence-electron chi connectivity index (χ1n) is 9.30. The van der Waals surface area contributed by atoms with Crippen LogP contribution in [0, 0.1) is 0 Å². The SMILES string of the molecule is CN=C(NCCCNc1ccccc1)Nc1cccc(OCCCOC)c1. The van der Waals surface area contributed by atoms with Crippen molar-refractivity contribution in [3.05, 3.63) is 54.6 Å². The number of ether oxygens (including phenoxy) is 2. The highest BCUT2D eigenvalue weighted by Gasteiger charge is 2.01. The van der Waals surface area contributed by atoms with Crippen molar-refractivity contribution < 1.29 is 9.47 Å². The Balaban J connectivity index is 1.69. The van der Waals surface area contributed by atoms with E-state index in [1.165, 1.54) is 0 Å². The van der Waals surface area contributed by atoms with E-state index in [1.54, 1.807) is 14.2 Å². The molecule has 146 valence electrons. The fourth-order valence-corrected chi connectivity index (χ4v) is 2.46. The second-order valence-corrected chi connectivity index (χ2v) is 5.99. The Morgan fingerprint density at radius 3 is 2.52 bits per heavy atom. The number of hydrogen-bond acceptors (Lipinski definition) is 4. The predicted molar refractivity (Wildman–Crippen MR) is 113 cm³/mol. The molecule has 0 bridgehead atoms. The van der Waals surface area contributed by atoms with E-state index in [0.717, 1.165) is 49.0 Å². The normalized spacial score (nSPS) is 11.1. The van der Waals surface area contributed by atoms with Gasteiger partial charge in [-0.2, -0.15) is 0 Å². The van der Waals surface area contributed by atoms with Gasteiger partial charge in [0.05, 0.1) is 6.61 Å². The zero-order valence-electron chi connectivity index (χ0n) is 16.2. The van der Waals surface area contributed by atoms with Crippen LogP contribution in [0.5, 0.6) is 5.75 Å². The number of aliphatic imine (C=N–C) groups is 1. The summed E-state index contributed by atoms with van der Waals surface area (Å²) in [4.78, 5) is 4.27. The maximum absolute atomic E-state index is 5.73. The number of benzene rings is 2. The van der Waals surface area contributed by atoms with Crippen molar-refractivity contribution in [3.8, 4) is 5.75 Å². The first kappa shape index (κ1) is 20.6. The van der Waals surface area contributed by atoms with Crippen molar-refractivity contribution in [2.24, 2.45) is 4.99 Å². The van der Waals surface area contributed by atoms with Gasteiger partial charge in [-0.1, -0.05) is 24.3 Å². The van der Waals surface area contributed by atoms with Crippen LogP contribution in [-0.2, 0) is 4.74 Å². The number of rotatable bonds is 11. The van der Waals surface area contributed by atoms with Crippen LogP contribution >= 0.6 is 0 Å². The number of guanidine groups is 1. The van der Waals surface area contributed by atoms with Crippen molar-refractivity contribution >= 4 is 17.3 Å². The minimum atomic E-state index is 0.638. The minimum Gasteiger partial charge on any atom is -0.493 e. The van der Waals surface area contributed by atoms with E-state index < -0.39 is 0 Å². The molecule has 0 radical (unpaired) electrons. The molecule has 0 fully saturated rings. The molecule has 0 spiro atoms. The molecule has 0 atom stereocenters. The summed E-state index contributed by atoms with van der Waals surface area (Å²) in [5.74, 6) is 1.57. The lowest BCUT2D eigenvalue weighted by molar-refractivity contribution is 0.172. The van der Waals surface area contributed by atoms with Gasteiger partial charge in [0, 0.05) is 57.7 Å². The molecule has 3 N–H and O–H groups in total. The number of nitrogens with zero attached hydrogens (tertiary/aromatic N) is 1. The average molecular weight is 370 g/mol. The Morgan fingerprint density at radius 2 is 1.74 bits per heavy atom. The van der Waals surface area contributed by atoms with Crippen LogP contribution < -0.4 is 20.7 Å². The molecule has 0 saturated carbocycles. The summed E-state index contributed by atoms with van der Waals surface area (Å²) in [6.07, 6.45) is 1.85. The summed E-state index contributed by atoms with van der Waals surface area (Å²) in [7, 11) is 3.46. The Morgan fingerprint density at radius 1 is 0.926 bits per heavy atom. The molecule has 2 rings (SSSR count). The summed E-state index contributed by atoms with van der Waals surface area (Å²) in [6.45, 7) is 3.07. The molecule has 0 unspecified atom stereocenters. The number of para-hydroxylation sites is 1. The van der Waals surface area contributed by atoms with Crippen LogP contribution in [0.2, 0.25) is 0 Å². The van der Waals surface area contributed by atoms with Gasteiger partial charge < -0.3 is 25.4 Å². The topological polar surface area (TPSA) is 66.9 Å². The molecule has 0 saturated heterocycles. The Hall–Kier alpha value is -2.73. The van der Waals surface area contributed by atoms with Crippen LogP contribution in [0.3, 0.4) is 0 Å². The second kappa shape index (κ2) is 12.6. The summed E-state index contributed by atoms with van der Waals surface area (Å²) in [5.41, 5.74) is 2.08. The quantitative estimate of drug-likeness (QED) is 0.320. The molecular formula is C21H30N4O2. The van der Waals surface area contributed by atoms with Crippen molar-refractivity contribution in [1.82, 2.24) is 5.32 Å². The van der Waals surface area contributed by atoms with Gasteiger partial charge in [-0.15, -0.1) is 0 Å². The molecule has 0 heterocycles. The van der Waals surface area contributed by atoms with Gasteiger partial charge in [0.2, 0.25) is 0 Å². The lowest BCUT2D eigenvalue weighted by atomic mass is 10.3. The molecule has 6 heteroatoms. The number of anilines is 2. The van der Waals surface area contributed by atoms with Crippen molar-refractivity contribution in [2.45, 2.75) is 12.8 Å². The summed E-state index contributed by atoms with van der Waals surface area (Å²) < 4.78 is 10.8. The third-order valence-electron chi connectivity index (χ3n) is 3.83. The van der Waals surface area contributed by atoms with E-state index in [9.17, 15) is 0 Å². The Kier molecular flexibility index (Phi) is 9.60. The van der Waals surface area contributed by atoms with Crippen molar-refractivity contribution in [2.75, 3.05) is 51.1 Å². The predicted octanol–water partition coefficient (Wildman–Crippen LogP) is 3.59. The van der Waals surface area contributed by atoms with Gasteiger partial charge in [-0.25, -0.2) is 0 Å². The van der Waals surface area contributed by atoms with Gasteiger partial charge >= 0.3 is 0 Å². The fourth-order valence-electron chi connectivity index (χ4n) is 2.46. The van der Waals surface area contributed by atoms with Crippen LogP contribution in [0.15, 0.2) is 59.6 Å². The maximum atomic E-state index is 5.73. The standard InChI is InChI=1S/C21H30N4O2/c1-22-21(24-14-7-13-23-18-9-4-3-5-10-18)25-19-11-6-12-20(17-19)27-16-8-15-26-2/h3-6,9-12,17,23H,7-8,13-16H2,1-2H3,(H2,22,24,25). The van der Waals surface area contributed by atoms with Gasteiger partial charge in [0.25, 0.3) is 0 Å². The molecule has 6 nitrogen and oxygen atoms in total. The Bertz CT molecular complexity index is 677. The van der Waals surface area contributed by atoms with E-state index in [-0.39, 0.29) is 0 Å². The number of nitrogens with one attached hydrogen (secondary N) is 3. The van der Waals surface area contributed by atoms with E-state index in [0.29, 0.717) is 13.2 Å². The zero-order chi connectivity index (χ0) is 19.2. The van der Waals surface area contributed by atoms with Gasteiger partial charge in [0.15, 0.2) is 5.96 Å². The average Bonchev–Trinajstić information content (AvgIpc) is 2.71. The summed E-state index contributed by atoms with van der Waals surface area (Å²) in [5, 5.41) is 10.0. The molecule has 27 heavy (non-hydrogen) atoms. The third-order valence-corrected chi connectivity index (χ3v) is 3.83. The smallest absolute Gasteiger partial charge is 0.195 e. The van der Waals surface area contributed by atoms with Gasteiger partial charge in [0.1, 0.15) is 5.75 Å². The molecule has 0 aliphatic rings. The highest BCUT2D eigenvalue weighted by atomic mass is 16.5. The molecule has 0 aliphatic heterocycles. The lowest BCUT2D eigenvalue weighted by Crippen LogP contribution is -2.32. The fraction of sp³-hybridized carbons (Fsp3) is 0.381. The third kappa shape index (κ3) is 8.46. The number of methoxy groups -OCH3 is 1. The summed E-state index contributed by atoms with van der Waals surface area (Å²) >= 11 is 0. The minimum absolute atomic E-state index is 0.638. The zero-order valence-corrected chi connectivity index (χ0v) is 16.2. The Labute approximate surface area is 162 Å². The first-order chi connectivity index (χ1) is 13.3. The van der Waals surface area contributed by atoms with E-state index >= 15 is 0 Å². The van der Waals surface area contributed by atoms with Crippen LogP contribution in [-0.4, -0.2) is 46.4 Å².